The highest BCUT2D eigenvalue weighted by Crippen LogP contribution is 2.23. The van der Waals surface area contributed by atoms with Crippen molar-refractivity contribution in [2.75, 3.05) is 26.2 Å². The van der Waals surface area contributed by atoms with Gasteiger partial charge >= 0.3 is 0 Å². The molecule has 1 amide bonds. The molecule has 1 atom stereocenters. The van der Waals surface area contributed by atoms with E-state index in [4.69, 9.17) is 0 Å². The van der Waals surface area contributed by atoms with E-state index in [9.17, 15) is 4.79 Å². The molecule has 0 radical (unpaired) electrons. The first-order chi connectivity index (χ1) is 9.75. The average Bonchev–Trinajstić information content (AvgIpc) is 2.94. The van der Waals surface area contributed by atoms with Crippen molar-refractivity contribution >= 4 is 11.6 Å². The van der Waals surface area contributed by atoms with Crippen LogP contribution in [0.15, 0.2) is 47.0 Å². The van der Waals surface area contributed by atoms with Gasteiger partial charge in [0.05, 0.1) is 12.6 Å². The molecule has 0 aliphatic carbocycles. The molecule has 3 rings (SSSR count). The molecule has 4 heteroatoms. The van der Waals surface area contributed by atoms with Gasteiger partial charge in [0.1, 0.15) is 5.71 Å². The molecule has 1 N–H and O–H groups in total. The minimum absolute atomic E-state index is 0.0530. The smallest absolute Gasteiger partial charge is 0.272 e. The lowest BCUT2D eigenvalue weighted by Gasteiger charge is -2.36. The number of carbonyl (C=O) groups is 1. The van der Waals surface area contributed by atoms with Crippen molar-refractivity contribution in [1.29, 1.82) is 0 Å². The van der Waals surface area contributed by atoms with Crippen LogP contribution >= 0.6 is 0 Å². The van der Waals surface area contributed by atoms with E-state index >= 15 is 0 Å². The second-order valence-electron chi connectivity index (χ2n) is 5.32. The quantitative estimate of drug-likeness (QED) is 0.885. The molecule has 104 valence electrons. The van der Waals surface area contributed by atoms with Gasteiger partial charge < -0.3 is 10.2 Å². The first-order valence-corrected chi connectivity index (χ1v) is 7.04. The van der Waals surface area contributed by atoms with Crippen LogP contribution in [0.25, 0.3) is 0 Å². The summed E-state index contributed by atoms with van der Waals surface area (Å²) in [4.78, 5) is 18.9. The van der Waals surface area contributed by atoms with Crippen molar-refractivity contribution in [2.24, 2.45) is 4.99 Å². The van der Waals surface area contributed by atoms with Crippen LogP contribution in [-0.2, 0) is 4.79 Å². The molecule has 1 fully saturated rings. The predicted octanol–water partition coefficient (Wildman–Crippen LogP) is 1.56. The van der Waals surface area contributed by atoms with E-state index in [1.54, 1.807) is 0 Å². The summed E-state index contributed by atoms with van der Waals surface area (Å²) in [7, 11) is 0. The number of hydrogen-bond donors (Lipinski definition) is 1. The Labute approximate surface area is 119 Å². The third-order valence-electron chi connectivity index (χ3n) is 3.79. The van der Waals surface area contributed by atoms with Crippen molar-refractivity contribution in [3.8, 4) is 0 Å². The van der Waals surface area contributed by atoms with Crippen molar-refractivity contribution in [2.45, 2.75) is 13.0 Å². The third-order valence-corrected chi connectivity index (χ3v) is 3.79. The predicted molar refractivity (Wildman–Crippen MR) is 79.8 cm³/mol. The summed E-state index contributed by atoms with van der Waals surface area (Å²) < 4.78 is 0. The van der Waals surface area contributed by atoms with Crippen LogP contribution in [-0.4, -0.2) is 42.7 Å². The fraction of sp³-hybridized carbons (Fsp3) is 0.375. The van der Waals surface area contributed by atoms with Gasteiger partial charge in [-0.3, -0.25) is 9.79 Å². The Hall–Kier alpha value is -1.94. The number of amides is 1. The minimum atomic E-state index is 0.0530. The van der Waals surface area contributed by atoms with Crippen molar-refractivity contribution in [3.63, 3.8) is 0 Å². The molecule has 4 nitrogen and oxygen atoms in total. The average molecular weight is 269 g/mol. The summed E-state index contributed by atoms with van der Waals surface area (Å²) in [5, 5.41) is 3.37. The molecular weight excluding hydrogens is 250 g/mol. The maximum absolute atomic E-state index is 12.7. The fourth-order valence-electron chi connectivity index (χ4n) is 2.73. The van der Waals surface area contributed by atoms with Crippen LogP contribution in [0, 0.1) is 0 Å². The molecule has 20 heavy (non-hydrogen) atoms. The van der Waals surface area contributed by atoms with E-state index in [-0.39, 0.29) is 11.9 Å². The molecule has 2 aliphatic heterocycles. The van der Waals surface area contributed by atoms with Gasteiger partial charge in [-0.25, -0.2) is 0 Å². The second kappa shape index (κ2) is 5.59. The molecule has 0 saturated carbocycles. The molecule has 1 aromatic carbocycles. The largest absolute Gasteiger partial charge is 0.328 e. The van der Waals surface area contributed by atoms with E-state index in [1.807, 2.05) is 36.1 Å². The van der Waals surface area contributed by atoms with E-state index in [1.165, 1.54) is 5.56 Å². The van der Waals surface area contributed by atoms with Gasteiger partial charge in [0.15, 0.2) is 0 Å². The SMILES string of the molecule is CC1=CC(C(=O)N2CCNCC2c2ccccc2)=NC1. The molecule has 0 spiro atoms. The molecule has 0 bridgehead atoms. The van der Waals surface area contributed by atoms with Crippen molar-refractivity contribution in [3.05, 3.63) is 47.5 Å². The first-order valence-electron chi connectivity index (χ1n) is 7.04. The first kappa shape index (κ1) is 13.1. The Morgan fingerprint density at radius 1 is 1.35 bits per heavy atom. The number of carbonyl (C=O) groups excluding carboxylic acids is 1. The van der Waals surface area contributed by atoms with Crippen molar-refractivity contribution in [1.82, 2.24) is 10.2 Å². The Morgan fingerprint density at radius 2 is 2.15 bits per heavy atom. The maximum Gasteiger partial charge on any atom is 0.272 e. The monoisotopic (exact) mass is 269 g/mol. The lowest BCUT2D eigenvalue weighted by Crippen LogP contribution is -2.50. The molecule has 2 heterocycles. The van der Waals surface area contributed by atoms with Gasteiger partial charge in [0, 0.05) is 19.6 Å². The van der Waals surface area contributed by atoms with Crippen LogP contribution in [0.2, 0.25) is 0 Å². The highest BCUT2D eigenvalue weighted by atomic mass is 16.2. The van der Waals surface area contributed by atoms with Gasteiger partial charge in [-0.2, -0.15) is 0 Å². The summed E-state index contributed by atoms with van der Waals surface area (Å²) >= 11 is 0. The fourth-order valence-corrected chi connectivity index (χ4v) is 2.73. The lowest BCUT2D eigenvalue weighted by atomic mass is 10.0. The molecular formula is C16H19N3O. The number of piperazine rings is 1. The summed E-state index contributed by atoms with van der Waals surface area (Å²) in [6.45, 7) is 5.03. The Kier molecular flexibility index (Phi) is 3.65. The molecule has 1 unspecified atom stereocenters. The van der Waals surface area contributed by atoms with Gasteiger partial charge in [-0.15, -0.1) is 0 Å². The zero-order valence-corrected chi connectivity index (χ0v) is 11.7. The van der Waals surface area contributed by atoms with Crippen LogP contribution in [0.4, 0.5) is 0 Å². The Morgan fingerprint density at radius 3 is 2.85 bits per heavy atom. The molecule has 1 saturated heterocycles. The molecule has 1 aromatic rings. The van der Waals surface area contributed by atoms with Gasteiger partial charge in [0.25, 0.3) is 5.91 Å². The van der Waals surface area contributed by atoms with E-state index in [2.05, 4.69) is 22.4 Å². The Bertz CT molecular complexity index is 562. The third kappa shape index (κ3) is 2.51. The summed E-state index contributed by atoms with van der Waals surface area (Å²) in [5.74, 6) is 0.0530. The van der Waals surface area contributed by atoms with E-state index in [0.717, 1.165) is 25.2 Å². The Balaban J connectivity index is 1.84. The minimum Gasteiger partial charge on any atom is -0.328 e. The number of nitrogens with one attached hydrogen (secondary N) is 1. The van der Waals surface area contributed by atoms with E-state index < -0.39 is 0 Å². The number of aliphatic imine (C=N–C) groups is 1. The van der Waals surface area contributed by atoms with Crippen molar-refractivity contribution < 1.29 is 4.79 Å². The van der Waals surface area contributed by atoms with Crippen LogP contribution in [0.1, 0.15) is 18.5 Å². The lowest BCUT2D eigenvalue weighted by molar-refractivity contribution is -0.127. The van der Waals surface area contributed by atoms with Gasteiger partial charge in [-0.1, -0.05) is 30.3 Å². The standard InChI is InChI=1S/C16H19N3O/c1-12-9-14(18-10-12)16(20)19-8-7-17-11-15(19)13-5-3-2-4-6-13/h2-6,9,15,17H,7-8,10-11H2,1H3. The number of rotatable bonds is 2. The number of benzene rings is 1. The summed E-state index contributed by atoms with van der Waals surface area (Å²) in [6, 6.07) is 10.3. The normalized spacial score (nSPS) is 22.4. The summed E-state index contributed by atoms with van der Waals surface area (Å²) in [6.07, 6.45) is 1.91. The molecule has 0 aromatic heterocycles. The van der Waals surface area contributed by atoms with Crippen LogP contribution in [0.5, 0.6) is 0 Å². The highest BCUT2D eigenvalue weighted by molar-refractivity contribution is 6.44. The van der Waals surface area contributed by atoms with Gasteiger partial charge in [-0.05, 0) is 24.1 Å². The van der Waals surface area contributed by atoms with Crippen LogP contribution in [0.3, 0.4) is 0 Å². The molecule has 2 aliphatic rings. The summed E-state index contributed by atoms with van der Waals surface area (Å²) in [5.41, 5.74) is 2.93. The topological polar surface area (TPSA) is 44.7 Å². The maximum atomic E-state index is 12.7. The number of nitrogens with zero attached hydrogens (tertiary/aromatic N) is 2. The number of hydrogen-bond acceptors (Lipinski definition) is 3. The zero-order valence-electron chi connectivity index (χ0n) is 11.7. The zero-order chi connectivity index (χ0) is 13.9. The van der Waals surface area contributed by atoms with E-state index in [0.29, 0.717) is 12.3 Å². The van der Waals surface area contributed by atoms with Crippen LogP contribution < -0.4 is 5.32 Å². The van der Waals surface area contributed by atoms with Gasteiger partial charge in [0.2, 0.25) is 0 Å². The second-order valence-corrected chi connectivity index (χ2v) is 5.32. The highest BCUT2D eigenvalue weighted by Gasteiger charge is 2.30.